The van der Waals surface area contributed by atoms with Gasteiger partial charge in [0.05, 0.1) is 43.0 Å². The third kappa shape index (κ3) is 5.33. The molecule has 1 atom stereocenters. The van der Waals surface area contributed by atoms with E-state index in [9.17, 15) is 19.7 Å². The predicted molar refractivity (Wildman–Crippen MR) is 119 cm³/mol. The Morgan fingerprint density at radius 2 is 1.88 bits per heavy atom. The average molecular weight is 442 g/mol. The average Bonchev–Trinajstić information content (AvgIpc) is 2.80. The molecule has 1 aliphatic rings. The number of nitro groups is 1. The van der Waals surface area contributed by atoms with Crippen LogP contribution in [0.3, 0.4) is 0 Å². The van der Waals surface area contributed by atoms with E-state index in [4.69, 9.17) is 9.47 Å². The van der Waals surface area contributed by atoms with Crippen LogP contribution in [0.15, 0.2) is 42.5 Å². The van der Waals surface area contributed by atoms with Crippen molar-refractivity contribution in [3.05, 3.63) is 58.1 Å². The normalized spacial score (nSPS) is 16.3. The lowest BCUT2D eigenvalue weighted by molar-refractivity contribution is -0.384. The number of non-ortho nitro benzene ring substituents is 1. The molecular formula is C22H26N4O6. The zero-order valence-electron chi connectivity index (χ0n) is 18.2. The SMILES string of the molecule is COC(=O)c1ccc(N2CCN(CC(=O)Nc3ccc([N+](=O)[O-])cc3OC)C(C)C2)cc1. The van der Waals surface area contributed by atoms with E-state index in [1.165, 1.54) is 32.4 Å². The number of rotatable bonds is 7. The van der Waals surface area contributed by atoms with Gasteiger partial charge in [-0.05, 0) is 37.3 Å². The van der Waals surface area contributed by atoms with Crippen molar-refractivity contribution < 1.29 is 24.0 Å². The molecule has 1 amide bonds. The summed E-state index contributed by atoms with van der Waals surface area (Å²) in [6.45, 7) is 4.39. The van der Waals surface area contributed by atoms with Gasteiger partial charge in [-0.15, -0.1) is 0 Å². The highest BCUT2D eigenvalue weighted by atomic mass is 16.6. The van der Waals surface area contributed by atoms with E-state index in [0.29, 0.717) is 17.8 Å². The summed E-state index contributed by atoms with van der Waals surface area (Å²) in [6.07, 6.45) is 0. The number of nitrogens with zero attached hydrogens (tertiary/aromatic N) is 3. The number of benzene rings is 2. The fraction of sp³-hybridized carbons (Fsp3) is 0.364. The zero-order valence-corrected chi connectivity index (χ0v) is 18.2. The molecule has 10 heteroatoms. The Morgan fingerprint density at radius 3 is 2.47 bits per heavy atom. The molecule has 1 unspecified atom stereocenters. The number of anilines is 2. The monoisotopic (exact) mass is 442 g/mol. The van der Waals surface area contributed by atoms with Crippen molar-refractivity contribution in [2.24, 2.45) is 0 Å². The van der Waals surface area contributed by atoms with Crippen LogP contribution in [-0.4, -0.2) is 68.1 Å². The number of ether oxygens (including phenoxy) is 2. The van der Waals surface area contributed by atoms with Gasteiger partial charge in [-0.1, -0.05) is 0 Å². The highest BCUT2D eigenvalue weighted by molar-refractivity contribution is 5.94. The summed E-state index contributed by atoms with van der Waals surface area (Å²) in [6, 6.07) is 11.5. The minimum atomic E-state index is -0.516. The van der Waals surface area contributed by atoms with Crippen LogP contribution in [0.5, 0.6) is 5.75 Å². The van der Waals surface area contributed by atoms with Crippen LogP contribution < -0.4 is 15.0 Å². The first-order chi connectivity index (χ1) is 15.3. The molecule has 170 valence electrons. The summed E-state index contributed by atoms with van der Waals surface area (Å²) < 4.78 is 9.90. The van der Waals surface area contributed by atoms with E-state index in [0.717, 1.165) is 18.8 Å². The lowest BCUT2D eigenvalue weighted by Gasteiger charge is -2.40. The van der Waals surface area contributed by atoms with Gasteiger partial charge in [-0.2, -0.15) is 0 Å². The molecule has 0 aliphatic carbocycles. The van der Waals surface area contributed by atoms with Gasteiger partial charge < -0.3 is 19.7 Å². The lowest BCUT2D eigenvalue weighted by atomic mass is 10.1. The number of hydrogen-bond donors (Lipinski definition) is 1. The van der Waals surface area contributed by atoms with Gasteiger partial charge in [-0.3, -0.25) is 19.8 Å². The Hall–Kier alpha value is -3.66. The number of nitro benzene ring substituents is 1. The van der Waals surface area contributed by atoms with Crippen molar-refractivity contribution >= 4 is 28.9 Å². The maximum atomic E-state index is 12.6. The van der Waals surface area contributed by atoms with Crippen molar-refractivity contribution in [2.45, 2.75) is 13.0 Å². The highest BCUT2D eigenvalue weighted by Gasteiger charge is 2.26. The van der Waals surface area contributed by atoms with Crippen LogP contribution >= 0.6 is 0 Å². The van der Waals surface area contributed by atoms with Gasteiger partial charge in [-0.25, -0.2) is 4.79 Å². The van der Waals surface area contributed by atoms with Gasteiger partial charge in [0.1, 0.15) is 5.75 Å². The van der Waals surface area contributed by atoms with Crippen molar-refractivity contribution in [3.8, 4) is 5.75 Å². The van der Waals surface area contributed by atoms with Crippen molar-refractivity contribution in [1.82, 2.24) is 4.90 Å². The Bertz CT molecular complexity index is 994. The zero-order chi connectivity index (χ0) is 23.3. The number of nitrogens with one attached hydrogen (secondary N) is 1. The van der Waals surface area contributed by atoms with Gasteiger partial charge >= 0.3 is 5.97 Å². The molecule has 2 aromatic rings. The number of methoxy groups -OCH3 is 2. The summed E-state index contributed by atoms with van der Waals surface area (Å²) in [5, 5.41) is 13.7. The molecule has 0 spiro atoms. The molecular weight excluding hydrogens is 416 g/mol. The van der Waals surface area contributed by atoms with Crippen LogP contribution in [0.4, 0.5) is 17.1 Å². The standard InChI is InChI=1S/C22H26N4O6/c1-15-13-25(17-6-4-16(5-7-17)22(28)32-3)11-10-24(15)14-21(27)23-19-9-8-18(26(29)30)12-20(19)31-2/h4-9,12,15H,10-11,13-14H2,1-3H3,(H,23,27). The Balaban J connectivity index is 1.58. The third-order valence-electron chi connectivity index (χ3n) is 5.44. The molecule has 1 heterocycles. The smallest absolute Gasteiger partial charge is 0.337 e. The molecule has 0 saturated carbocycles. The highest BCUT2D eigenvalue weighted by Crippen LogP contribution is 2.29. The van der Waals surface area contributed by atoms with Gasteiger partial charge in [0.15, 0.2) is 0 Å². The molecule has 1 aliphatic heterocycles. The summed E-state index contributed by atoms with van der Waals surface area (Å²) >= 11 is 0. The Labute approximate surface area is 185 Å². The number of amides is 1. The van der Waals surface area contributed by atoms with Gasteiger partial charge in [0.25, 0.3) is 5.69 Å². The molecule has 10 nitrogen and oxygen atoms in total. The second-order valence-electron chi connectivity index (χ2n) is 7.49. The summed E-state index contributed by atoms with van der Waals surface area (Å²) in [5.41, 5.74) is 1.79. The number of piperazine rings is 1. The Kier molecular flexibility index (Phi) is 7.26. The molecule has 1 N–H and O–H groups in total. The third-order valence-corrected chi connectivity index (χ3v) is 5.44. The van der Waals surface area contributed by atoms with Crippen LogP contribution in [-0.2, 0) is 9.53 Å². The minimum Gasteiger partial charge on any atom is -0.494 e. The molecule has 3 rings (SSSR count). The fourth-order valence-corrected chi connectivity index (χ4v) is 3.66. The van der Waals surface area contributed by atoms with E-state index >= 15 is 0 Å². The molecule has 1 fully saturated rings. The number of carbonyl (C=O) groups excluding carboxylic acids is 2. The van der Waals surface area contributed by atoms with E-state index in [1.54, 1.807) is 12.1 Å². The first-order valence-electron chi connectivity index (χ1n) is 10.1. The van der Waals surface area contributed by atoms with Crippen LogP contribution in [0.1, 0.15) is 17.3 Å². The molecule has 0 radical (unpaired) electrons. The van der Waals surface area contributed by atoms with Gasteiger partial charge in [0, 0.05) is 37.4 Å². The first-order valence-corrected chi connectivity index (χ1v) is 10.1. The maximum absolute atomic E-state index is 12.6. The number of esters is 1. The quantitative estimate of drug-likeness (QED) is 0.395. The Morgan fingerprint density at radius 1 is 1.16 bits per heavy atom. The van der Waals surface area contributed by atoms with E-state index in [-0.39, 0.29) is 35.9 Å². The van der Waals surface area contributed by atoms with Crippen molar-refractivity contribution in [3.63, 3.8) is 0 Å². The topological polar surface area (TPSA) is 114 Å². The molecule has 0 bridgehead atoms. The minimum absolute atomic E-state index is 0.107. The largest absolute Gasteiger partial charge is 0.494 e. The summed E-state index contributed by atoms with van der Waals surface area (Å²) in [5.74, 6) is -0.355. The van der Waals surface area contributed by atoms with E-state index in [1.807, 2.05) is 12.1 Å². The maximum Gasteiger partial charge on any atom is 0.337 e. The van der Waals surface area contributed by atoms with E-state index < -0.39 is 4.92 Å². The second-order valence-corrected chi connectivity index (χ2v) is 7.49. The molecule has 1 saturated heterocycles. The van der Waals surface area contributed by atoms with Crippen LogP contribution in [0, 0.1) is 10.1 Å². The molecule has 32 heavy (non-hydrogen) atoms. The summed E-state index contributed by atoms with van der Waals surface area (Å²) in [4.78, 5) is 38.9. The van der Waals surface area contributed by atoms with Crippen LogP contribution in [0.2, 0.25) is 0 Å². The number of carbonyl (C=O) groups is 2. The van der Waals surface area contributed by atoms with Crippen molar-refractivity contribution in [1.29, 1.82) is 0 Å². The second kappa shape index (κ2) is 10.1. The fourth-order valence-electron chi connectivity index (χ4n) is 3.66. The molecule has 0 aromatic heterocycles. The van der Waals surface area contributed by atoms with Crippen LogP contribution in [0.25, 0.3) is 0 Å². The van der Waals surface area contributed by atoms with Gasteiger partial charge in [0.2, 0.25) is 5.91 Å². The summed E-state index contributed by atoms with van der Waals surface area (Å²) in [7, 11) is 2.75. The van der Waals surface area contributed by atoms with E-state index in [2.05, 4.69) is 22.0 Å². The number of hydrogen-bond acceptors (Lipinski definition) is 8. The predicted octanol–water partition coefficient (Wildman–Crippen LogP) is 2.54. The molecule has 2 aromatic carbocycles. The first kappa shape index (κ1) is 23.0. The lowest BCUT2D eigenvalue weighted by Crippen LogP contribution is -2.53. The van der Waals surface area contributed by atoms with Crippen molar-refractivity contribution in [2.75, 3.05) is 50.6 Å².